The Labute approximate surface area is 125 Å². The van der Waals surface area contributed by atoms with E-state index in [9.17, 15) is 0 Å². The Morgan fingerprint density at radius 2 is 1.69 bits per heavy atom. The van der Waals surface area contributed by atoms with E-state index >= 15 is 0 Å². The molecule has 2 aromatic rings. The summed E-state index contributed by atoms with van der Waals surface area (Å²) in [5.41, 5.74) is 0. The minimum Gasteiger partial charge on any atom is -0.776 e. The molecule has 0 saturated carbocycles. The molecule has 0 aliphatic rings. The van der Waals surface area contributed by atoms with Gasteiger partial charge in [0, 0.05) is 24.9 Å². The van der Waals surface area contributed by atoms with Crippen LogP contribution in [0.3, 0.4) is 0 Å². The molecule has 0 heterocycles. The second-order valence-electron chi connectivity index (χ2n) is 2.78. The van der Waals surface area contributed by atoms with Gasteiger partial charge in [-0.15, -0.1) is 4.90 Å². The Morgan fingerprint density at radius 3 is 2.31 bits per heavy atom. The molecule has 4 heteroatoms. The maximum absolute atomic E-state index is 5.55. The SMILES string of the molecule is [Li+].[Li].[S-]c1ccccc1Oc1[c]cccc1. The summed E-state index contributed by atoms with van der Waals surface area (Å²) in [4.78, 5) is 0.713. The molecule has 0 unspecified atom stereocenters. The van der Waals surface area contributed by atoms with E-state index in [0.29, 0.717) is 16.4 Å². The summed E-state index contributed by atoms with van der Waals surface area (Å²) in [6.45, 7) is 0. The van der Waals surface area contributed by atoms with Gasteiger partial charge in [-0.25, -0.2) is 0 Å². The summed E-state index contributed by atoms with van der Waals surface area (Å²) < 4.78 is 5.55. The van der Waals surface area contributed by atoms with Crippen LogP contribution < -0.4 is 23.6 Å². The largest absolute Gasteiger partial charge is 1.00 e. The van der Waals surface area contributed by atoms with Crippen molar-refractivity contribution in [1.29, 1.82) is 0 Å². The van der Waals surface area contributed by atoms with Gasteiger partial charge in [-0.05, 0) is 12.1 Å². The molecular formula is C12H8Li2OS. The van der Waals surface area contributed by atoms with Gasteiger partial charge in [-0.2, -0.15) is 0 Å². The van der Waals surface area contributed by atoms with E-state index in [4.69, 9.17) is 17.4 Å². The first kappa shape index (κ1) is 15.7. The van der Waals surface area contributed by atoms with Crippen molar-refractivity contribution in [2.24, 2.45) is 0 Å². The molecular weight excluding hydrogens is 206 g/mol. The normalized spacial score (nSPS) is 8.50. The average molecular weight is 214 g/mol. The van der Waals surface area contributed by atoms with E-state index < -0.39 is 0 Å². The minimum absolute atomic E-state index is 0. The summed E-state index contributed by atoms with van der Waals surface area (Å²) >= 11 is 5.11. The first-order chi connectivity index (χ1) is 6.86. The first-order valence-corrected chi connectivity index (χ1v) is 4.68. The fraction of sp³-hybridized carbons (Fsp3) is 0. The van der Waals surface area contributed by atoms with Crippen molar-refractivity contribution in [3.63, 3.8) is 0 Å². The van der Waals surface area contributed by atoms with E-state index in [1.54, 1.807) is 6.07 Å². The molecule has 2 aromatic carbocycles. The van der Waals surface area contributed by atoms with E-state index in [-0.39, 0.29) is 37.7 Å². The zero-order chi connectivity index (χ0) is 9.80. The van der Waals surface area contributed by atoms with Crippen LogP contribution >= 0.6 is 0 Å². The molecule has 0 aliphatic carbocycles. The van der Waals surface area contributed by atoms with Crippen LogP contribution in [0, 0.1) is 6.07 Å². The summed E-state index contributed by atoms with van der Waals surface area (Å²) in [6.07, 6.45) is 0. The van der Waals surface area contributed by atoms with Crippen LogP contribution in [0.2, 0.25) is 0 Å². The van der Waals surface area contributed by atoms with Crippen LogP contribution in [-0.4, -0.2) is 18.9 Å². The van der Waals surface area contributed by atoms with Gasteiger partial charge in [0.25, 0.3) is 0 Å². The predicted octanol–water partition coefficient (Wildman–Crippen LogP) is -0.192. The van der Waals surface area contributed by atoms with Crippen LogP contribution in [0.5, 0.6) is 11.5 Å². The summed E-state index contributed by atoms with van der Waals surface area (Å²) in [6, 6.07) is 17.9. The second-order valence-corrected chi connectivity index (χ2v) is 3.22. The molecule has 16 heavy (non-hydrogen) atoms. The van der Waals surface area contributed by atoms with Crippen molar-refractivity contribution in [2.45, 2.75) is 4.90 Å². The van der Waals surface area contributed by atoms with Crippen LogP contribution in [0.1, 0.15) is 0 Å². The minimum atomic E-state index is 0. The van der Waals surface area contributed by atoms with Gasteiger partial charge in [-0.1, -0.05) is 36.4 Å². The van der Waals surface area contributed by atoms with Crippen molar-refractivity contribution in [2.75, 3.05) is 0 Å². The van der Waals surface area contributed by atoms with Gasteiger partial charge >= 0.3 is 18.9 Å². The van der Waals surface area contributed by atoms with Gasteiger partial charge in [0.15, 0.2) is 0 Å². The maximum Gasteiger partial charge on any atom is 1.00 e. The Bertz CT molecular complexity index is 420. The third-order valence-corrected chi connectivity index (χ3v) is 2.09. The zero-order valence-electron chi connectivity index (χ0n) is 9.44. The molecule has 0 fully saturated rings. The number of hydrogen-bond donors (Lipinski definition) is 0. The quantitative estimate of drug-likeness (QED) is 0.506. The average Bonchev–Trinajstić information content (AvgIpc) is 2.23. The van der Waals surface area contributed by atoms with E-state index in [1.165, 1.54) is 0 Å². The van der Waals surface area contributed by atoms with Crippen molar-refractivity contribution < 1.29 is 23.6 Å². The molecule has 0 spiro atoms. The smallest absolute Gasteiger partial charge is 0.776 e. The number of rotatable bonds is 2. The van der Waals surface area contributed by atoms with Crippen LogP contribution in [0.15, 0.2) is 53.4 Å². The van der Waals surface area contributed by atoms with Crippen molar-refractivity contribution in [3.8, 4) is 11.5 Å². The first-order valence-electron chi connectivity index (χ1n) is 4.27. The standard InChI is InChI=1S/C12H9OS.2Li/c14-12-9-5-4-8-11(12)13-10-6-2-1-3-7-10;;/h1-6,8-9,14H;;/q;;+1/p-1. The molecule has 0 amide bonds. The van der Waals surface area contributed by atoms with Crippen LogP contribution in [0.25, 0.3) is 0 Å². The molecule has 0 bridgehead atoms. The Hall–Kier alpha value is -0.345. The van der Waals surface area contributed by atoms with E-state index in [0.717, 1.165) is 0 Å². The number of benzene rings is 2. The van der Waals surface area contributed by atoms with Crippen molar-refractivity contribution in [1.82, 2.24) is 0 Å². The van der Waals surface area contributed by atoms with E-state index in [1.807, 2.05) is 42.5 Å². The van der Waals surface area contributed by atoms with Gasteiger partial charge in [0.2, 0.25) is 0 Å². The molecule has 2 rings (SSSR count). The van der Waals surface area contributed by atoms with Crippen LogP contribution in [0.4, 0.5) is 0 Å². The van der Waals surface area contributed by atoms with Crippen LogP contribution in [-0.2, 0) is 12.6 Å². The summed E-state index contributed by atoms with van der Waals surface area (Å²) in [7, 11) is 0. The van der Waals surface area contributed by atoms with Gasteiger partial charge in [0.05, 0.1) is 0 Å². The number of para-hydroxylation sites is 2. The monoisotopic (exact) mass is 214 g/mol. The van der Waals surface area contributed by atoms with Gasteiger partial charge < -0.3 is 17.4 Å². The molecule has 0 aliphatic heterocycles. The Morgan fingerprint density at radius 1 is 1.00 bits per heavy atom. The number of hydrogen-bond acceptors (Lipinski definition) is 2. The topological polar surface area (TPSA) is 9.23 Å². The molecule has 0 atom stereocenters. The maximum atomic E-state index is 5.55. The fourth-order valence-electron chi connectivity index (χ4n) is 1.09. The third-order valence-electron chi connectivity index (χ3n) is 1.75. The summed E-state index contributed by atoms with van der Waals surface area (Å²) in [5, 5.41) is 0. The molecule has 0 N–H and O–H groups in total. The molecule has 2 radical (unpaired) electrons. The van der Waals surface area contributed by atoms with Crippen molar-refractivity contribution in [3.05, 3.63) is 54.6 Å². The predicted molar refractivity (Wildman–Crippen MR) is 63.2 cm³/mol. The third kappa shape index (κ3) is 4.26. The number of ether oxygens (including phenoxy) is 1. The fourth-order valence-corrected chi connectivity index (χ4v) is 1.28. The second kappa shape index (κ2) is 7.85. The molecule has 0 aromatic heterocycles. The molecule has 0 saturated heterocycles. The Balaban J connectivity index is 0.00000112. The van der Waals surface area contributed by atoms with Crippen molar-refractivity contribution >= 4 is 31.5 Å². The summed E-state index contributed by atoms with van der Waals surface area (Å²) in [5.74, 6) is 1.38. The zero-order valence-corrected chi connectivity index (χ0v) is 10.3. The molecule has 1 nitrogen and oxygen atoms in total. The van der Waals surface area contributed by atoms with E-state index in [2.05, 4.69) is 6.07 Å². The van der Waals surface area contributed by atoms with Gasteiger partial charge in [0.1, 0.15) is 11.5 Å². The molecule has 70 valence electrons. The van der Waals surface area contributed by atoms with Gasteiger partial charge in [-0.3, -0.25) is 0 Å². The Kier molecular flexibility index (Phi) is 7.68.